The van der Waals surface area contributed by atoms with E-state index in [1.54, 1.807) is 0 Å². The average Bonchev–Trinajstić information content (AvgIpc) is 3.28. The number of amides is 3. The molecular formula is C20H13F8N9O5S2. The van der Waals surface area contributed by atoms with Gasteiger partial charge in [-0.05, 0) is 11.1 Å². The standard InChI is InChI=1S/C11H4F4N4O4.C8H4F4N4OS.CH5NS/c12-6-5(7(13)9(15)10(8(6)14)17-18-16)11(22)23-19-3(20)1-2-4(19)21;9-3-2(8(17)14-1-18)4(10)6(12)7(5(3)11)15-16-13;2-1-3/h1-2H2;18H,1H2,(H,14,17);3H,1-2H2. The summed E-state index contributed by atoms with van der Waals surface area (Å²) in [6, 6.07) is 0. The Hall–Kier alpha value is -4.76. The van der Waals surface area contributed by atoms with E-state index in [-0.39, 0.29) is 23.8 Å². The van der Waals surface area contributed by atoms with E-state index in [0.717, 1.165) is 0 Å². The first kappa shape index (κ1) is 37.3. The first-order valence-corrected chi connectivity index (χ1v) is 12.0. The van der Waals surface area contributed by atoms with Gasteiger partial charge >= 0.3 is 5.97 Å². The largest absolute Gasteiger partial charge is 0.370 e. The molecular weight excluding hydrogens is 662 g/mol. The third-order valence-corrected chi connectivity index (χ3v) is 4.78. The van der Waals surface area contributed by atoms with Crippen LogP contribution in [-0.4, -0.2) is 40.5 Å². The molecule has 0 atom stereocenters. The smallest absolute Gasteiger partial charge is 0.343 e. The number of nitrogens with one attached hydrogen (secondary N) is 1. The molecule has 0 unspecified atom stereocenters. The van der Waals surface area contributed by atoms with Crippen molar-refractivity contribution in [1.29, 1.82) is 0 Å². The summed E-state index contributed by atoms with van der Waals surface area (Å²) in [5, 5.41) is 6.71. The maximum atomic E-state index is 13.7. The summed E-state index contributed by atoms with van der Waals surface area (Å²) in [7, 11) is 0. The highest BCUT2D eigenvalue weighted by molar-refractivity contribution is 7.80. The molecule has 0 aliphatic carbocycles. The van der Waals surface area contributed by atoms with Gasteiger partial charge in [0.1, 0.15) is 22.5 Å². The summed E-state index contributed by atoms with van der Waals surface area (Å²) in [6.45, 7) is 0. The van der Waals surface area contributed by atoms with Gasteiger partial charge in [0.2, 0.25) is 0 Å². The van der Waals surface area contributed by atoms with E-state index in [4.69, 9.17) is 16.8 Å². The number of azide groups is 2. The van der Waals surface area contributed by atoms with Crippen molar-refractivity contribution in [2.75, 3.05) is 11.8 Å². The van der Waals surface area contributed by atoms with Crippen molar-refractivity contribution in [3.05, 3.63) is 78.6 Å². The highest BCUT2D eigenvalue weighted by Gasteiger charge is 2.37. The lowest BCUT2D eigenvalue weighted by Crippen LogP contribution is -2.33. The van der Waals surface area contributed by atoms with E-state index in [0.29, 0.717) is 5.88 Å². The van der Waals surface area contributed by atoms with Gasteiger partial charge in [0.15, 0.2) is 46.5 Å². The van der Waals surface area contributed by atoms with Crippen LogP contribution in [0.3, 0.4) is 0 Å². The molecule has 2 aromatic rings. The Labute approximate surface area is 249 Å². The van der Waals surface area contributed by atoms with Crippen LogP contribution in [0.15, 0.2) is 10.2 Å². The Kier molecular flexibility index (Phi) is 14.2. The highest BCUT2D eigenvalue weighted by atomic mass is 32.1. The summed E-state index contributed by atoms with van der Waals surface area (Å²) >= 11 is 7.12. The molecule has 0 aromatic heterocycles. The van der Waals surface area contributed by atoms with Crippen molar-refractivity contribution in [3.8, 4) is 0 Å². The number of nitrogens with zero attached hydrogens (tertiary/aromatic N) is 7. The van der Waals surface area contributed by atoms with Crippen molar-refractivity contribution in [2.45, 2.75) is 12.8 Å². The minimum Gasteiger partial charge on any atom is -0.343 e. The summed E-state index contributed by atoms with van der Waals surface area (Å²) in [5.41, 5.74) is 14.4. The van der Waals surface area contributed by atoms with E-state index in [1.165, 1.54) is 0 Å². The number of thiol groups is 2. The molecule has 24 heteroatoms. The molecule has 3 N–H and O–H groups in total. The molecule has 1 aliphatic heterocycles. The Morgan fingerprint density at radius 3 is 1.43 bits per heavy atom. The third-order valence-electron chi connectivity index (χ3n) is 4.62. The molecule has 1 heterocycles. The summed E-state index contributed by atoms with van der Waals surface area (Å²) in [5.74, 6) is -21.6. The quantitative estimate of drug-likeness (QED) is 0.0480. The number of hydrogen-bond acceptors (Lipinski definition) is 10. The van der Waals surface area contributed by atoms with Crippen LogP contribution < -0.4 is 11.1 Å². The van der Waals surface area contributed by atoms with Crippen LogP contribution in [0.4, 0.5) is 46.5 Å². The van der Waals surface area contributed by atoms with Gasteiger partial charge in [-0.1, -0.05) is 10.2 Å². The molecule has 0 spiro atoms. The van der Waals surface area contributed by atoms with Crippen LogP contribution in [0.25, 0.3) is 20.9 Å². The second-order valence-corrected chi connectivity index (χ2v) is 7.83. The fourth-order valence-corrected chi connectivity index (χ4v) is 2.97. The van der Waals surface area contributed by atoms with Gasteiger partial charge in [0.25, 0.3) is 17.7 Å². The van der Waals surface area contributed by atoms with E-state index < -0.39 is 92.7 Å². The third kappa shape index (κ3) is 8.20. The maximum Gasteiger partial charge on any atom is 0.370 e. The highest BCUT2D eigenvalue weighted by Crippen LogP contribution is 2.32. The molecule has 0 radical (unpaired) electrons. The van der Waals surface area contributed by atoms with Gasteiger partial charge in [-0.3, -0.25) is 14.4 Å². The zero-order valence-corrected chi connectivity index (χ0v) is 22.8. The molecule has 2 aromatic carbocycles. The van der Waals surface area contributed by atoms with Crippen LogP contribution >= 0.6 is 25.3 Å². The second-order valence-electron chi connectivity index (χ2n) is 7.15. The minimum atomic E-state index is -2.20. The maximum absolute atomic E-state index is 13.7. The second kappa shape index (κ2) is 16.8. The Balaban J connectivity index is 0.000000414. The number of benzene rings is 2. The molecule has 3 amide bonds. The van der Waals surface area contributed by atoms with Gasteiger partial charge in [-0.15, -0.1) is 5.06 Å². The lowest BCUT2D eigenvalue weighted by atomic mass is 10.1. The van der Waals surface area contributed by atoms with Gasteiger partial charge in [-0.25, -0.2) is 39.9 Å². The molecule has 0 saturated carbocycles. The fourth-order valence-electron chi connectivity index (χ4n) is 2.83. The summed E-state index contributed by atoms with van der Waals surface area (Å²) < 4.78 is 108. The zero-order chi connectivity index (χ0) is 33.9. The van der Waals surface area contributed by atoms with Crippen LogP contribution in [0.2, 0.25) is 0 Å². The van der Waals surface area contributed by atoms with E-state index in [1.807, 2.05) is 15.1 Å². The van der Waals surface area contributed by atoms with E-state index >= 15 is 0 Å². The molecule has 1 saturated heterocycles. The van der Waals surface area contributed by atoms with Gasteiger partial charge in [0.05, 0.1) is 5.88 Å². The molecule has 44 heavy (non-hydrogen) atoms. The minimum absolute atomic E-state index is 0.0572. The number of imide groups is 1. The molecule has 14 nitrogen and oxygen atoms in total. The van der Waals surface area contributed by atoms with Crippen LogP contribution in [0.5, 0.6) is 0 Å². The monoisotopic (exact) mass is 675 g/mol. The number of rotatable bonds is 6. The fraction of sp³-hybridized carbons (Fsp3) is 0.200. The van der Waals surface area contributed by atoms with Crippen LogP contribution in [0, 0.1) is 46.5 Å². The first-order chi connectivity index (χ1) is 20.7. The van der Waals surface area contributed by atoms with Crippen molar-refractivity contribution in [2.24, 2.45) is 16.0 Å². The number of hydrogen-bond donors (Lipinski definition) is 4. The van der Waals surface area contributed by atoms with Gasteiger partial charge in [-0.2, -0.15) is 25.3 Å². The van der Waals surface area contributed by atoms with Crippen molar-refractivity contribution < 1.29 is 59.1 Å². The molecule has 236 valence electrons. The molecule has 0 bridgehead atoms. The number of hydroxylamine groups is 2. The number of nitrogens with two attached hydrogens (primary N) is 1. The van der Waals surface area contributed by atoms with Crippen molar-refractivity contribution in [3.63, 3.8) is 0 Å². The lowest BCUT2D eigenvalue weighted by Gasteiger charge is -2.14. The first-order valence-electron chi connectivity index (χ1n) is 10.8. The SMILES string of the molecule is NCS.[N-]=[N+]=Nc1c(F)c(F)c(C(=O)NCS)c(F)c1F.[N-]=[N+]=Nc1c(F)c(F)c(C(=O)ON2C(=O)CCC2=O)c(F)c1F. The summed E-state index contributed by atoms with van der Waals surface area (Å²) in [4.78, 5) is 53.4. The number of carbonyl (C=O) groups excluding carboxylic acids is 4. The lowest BCUT2D eigenvalue weighted by molar-refractivity contribution is -0.172. The number of halogens is 8. The topological polar surface area (TPSA) is 216 Å². The van der Waals surface area contributed by atoms with E-state index in [9.17, 15) is 54.3 Å². The average molecular weight is 675 g/mol. The predicted octanol–water partition coefficient (Wildman–Crippen LogP) is 5.04. The normalized spacial score (nSPS) is 11.8. The Morgan fingerprint density at radius 2 is 1.11 bits per heavy atom. The van der Waals surface area contributed by atoms with Gasteiger partial charge in [0, 0.05) is 28.5 Å². The summed E-state index contributed by atoms with van der Waals surface area (Å²) in [6.07, 6.45) is -0.592. The molecule has 1 aliphatic rings. The zero-order valence-electron chi connectivity index (χ0n) is 21.0. The predicted molar refractivity (Wildman–Crippen MR) is 136 cm³/mol. The molecule has 3 rings (SSSR count). The molecule has 1 fully saturated rings. The van der Waals surface area contributed by atoms with Crippen molar-refractivity contribution in [1.82, 2.24) is 10.4 Å². The van der Waals surface area contributed by atoms with Crippen molar-refractivity contribution >= 4 is 60.3 Å². The number of carbonyl (C=O) groups is 4. The van der Waals surface area contributed by atoms with E-state index in [2.05, 4.69) is 40.3 Å². The van der Waals surface area contributed by atoms with Crippen LogP contribution in [0.1, 0.15) is 33.6 Å². The van der Waals surface area contributed by atoms with Gasteiger partial charge < -0.3 is 15.9 Å². The Morgan fingerprint density at radius 1 is 0.773 bits per heavy atom. The van der Waals surface area contributed by atoms with Crippen LogP contribution in [-0.2, 0) is 14.4 Å². The Bertz CT molecular complexity index is 1530.